The van der Waals surface area contributed by atoms with Crippen molar-refractivity contribution in [2.45, 2.75) is 13.0 Å². The molecule has 2 aromatic rings. The minimum absolute atomic E-state index is 0.103. The molecule has 11 heteroatoms. The molecule has 1 aliphatic heterocycles. The molecular weight excluding hydrogens is 370 g/mol. The summed E-state index contributed by atoms with van der Waals surface area (Å²) in [5.41, 5.74) is 5.56. The van der Waals surface area contributed by atoms with Crippen LogP contribution in [-0.2, 0) is 9.59 Å². The van der Waals surface area contributed by atoms with Crippen molar-refractivity contribution in [3.05, 3.63) is 52.1 Å². The van der Waals surface area contributed by atoms with E-state index in [1.807, 2.05) is 0 Å². The van der Waals surface area contributed by atoms with Gasteiger partial charge in [0.25, 0.3) is 17.6 Å². The first kappa shape index (κ1) is 18.8. The fraction of sp³-hybridized carbons (Fsp3) is 0.176. The maximum atomic E-state index is 12.5. The molecule has 11 nitrogen and oxygen atoms in total. The molecule has 0 saturated heterocycles. The van der Waals surface area contributed by atoms with E-state index in [2.05, 4.69) is 10.3 Å². The summed E-state index contributed by atoms with van der Waals surface area (Å²) in [7, 11) is 0. The van der Waals surface area contributed by atoms with Crippen molar-refractivity contribution < 1.29 is 24.0 Å². The summed E-state index contributed by atoms with van der Waals surface area (Å²) in [4.78, 5) is 51.5. The van der Waals surface area contributed by atoms with Gasteiger partial charge in [-0.15, -0.1) is 0 Å². The second kappa shape index (κ2) is 7.31. The lowest BCUT2D eigenvalue weighted by molar-refractivity contribution is -0.389. The number of nitrogens with two attached hydrogens (primary N) is 1. The summed E-state index contributed by atoms with van der Waals surface area (Å²) >= 11 is 0. The Balaban J connectivity index is 1.88. The van der Waals surface area contributed by atoms with Crippen molar-refractivity contribution in [3.63, 3.8) is 0 Å². The normalized spacial score (nSPS) is 15.4. The van der Waals surface area contributed by atoms with Gasteiger partial charge in [-0.05, 0) is 35.0 Å². The summed E-state index contributed by atoms with van der Waals surface area (Å²) in [6.45, 7) is 1.00. The number of primary amides is 1. The number of rotatable bonds is 5. The zero-order valence-electron chi connectivity index (χ0n) is 14.6. The lowest BCUT2D eigenvalue weighted by Crippen LogP contribution is -2.48. The van der Waals surface area contributed by atoms with Gasteiger partial charge < -0.3 is 25.9 Å². The van der Waals surface area contributed by atoms with Gasteiger partial charge in [0.15, 0.2) is 11.9 Å². The Morgan fingerprint density at radius 1 is 1.32 bits per heavy atom. The predicted molar refractivity (Wildman–Crippen MR) is 96.9 cm³/mol. The number of carbonyl (C=O) groups is 3. The summed E-state index contributed by atoms with van der Waals surface area (Å²) in [5.74, 6) is -2.43. The topological polar surface area (TPSA) is 158 Å². The number of benzene rings is 1. The second-order valence-corrected chi connectivity index (χ2v) is 5.89. The van der Waals surface area contributed by atoms with Gasteiger partial charge in [0.2, 0.25) is 5.91 Å². The molecule has 0 spiro atoms. The van der Waals surface area contributed by atoms with E-state index in [1.54, 1.807) is 12.1 Å². The van der Waals surface area contributed by atoms with Crippen LogP contribution in [0.4, 0.5) is 17.3 Å². The van der Waals surface area contributed by atoms with Gasteiger partial charge in [-0.1, -0.05) is 12.1 Å². The Labute approximate surface area is 158 Å². The number of anilines is 2. The van der Waals surface area contributed by atoms with Gasteiger partial charge in [0.1, 0.15) is 6.54 Å². The van der Waals surface area contributed by atoms with E-state index in [4.69, 9.17) is 10.5 Å². The highest BCUT2D eigenvalue weighted by Crippen LogP contribution is 2.33. The standard InChI is InChI=1S/C17H15N5O6/c1-9-17(25)21(16-12(28-9)6-7-13(20-16)22(26)27)8-14(23)19-11-5-3-2-4-10(11)15(18)24/h2-7,9H,8H2,1H3,(H2,18,24)(H,19,23). The van der Waals surface area contributed by atoms with Crippen molar-refractivity contribution in [1.29, 1.82) is 0 Å². The number of ether oxygens (including phenoxy) is 1. The minimum atomic E-state index is -0.901. The molecule has 0 aliphatic carbocycles. The summed E-state index contributed by atoms with van der Waals surface area (Å²) in [5, 5.41) is 13.5. The molecular formula is C17H15N5O6. The van der Waals surface area contributed by atoms with Crippen LogP contribution in [0.5, 0.6) is 5.75 Å². The summed E-state index contributed by atoms with van der Waals surface area (Å²) in [6.07, 6.45) is -0.901. The van der Waals surface area contributed by atoms with Crippen molar-refractivity contribution in [2.24, 2.45) is 5.73 Å². The van der Waals surface area contributed by atoms with Gasteiger partial charge in [-0.25, -0.2) is 0 Å². The maximum absolute atomic E-state index is 12.5. The molecule has 1 unspecified atom stereocenters. The van der Waals surface area contributed by atoms with Gasteiger partial charge >= 0.3 is 5.82 Å². The van der Waals surface area contributed by atoms with Crippen LogP contribution < -0.4 is 20.7 Å². The molecule has 3 rings (SSSR count). The molecule has 1 aromatic heterocycles. The first-order valence-electron chi connectivity index (χ1n) is 8.10. The van der Waals surface area contributed by atoms with E-state index in [0.29, 0.717) is 0 Å². The monoisotopic (exact) mass is 385 g/mol. The first-order valence-corrected chi connectivity index (χ1v) is 8.10. The Morgan fingerprint density at radius 3 is 2.71 bits per heavy atom. The molecule has 0 saturated carbocycles. The van der Waals surface area contributed by atoms with Crippen LogP contribution in [-0.4, -0.2) is 40.3 Å². The number of pyridine rings is 1. The number of nitrogens with zero attached hydrogens (tertiary/aromatic N) is 3. The van der Waals surface area contributed by atoms with E-state index in [1.165, 1.54) is 25.1 Å². The minimum Gasteiger partial charge on any atom is -0.475 e. The van der Waals surface area contributed by atoms with Gasteiger partial charge in [0.05, 0.1) is 11.3 Å². The number of hydrogen-bond acceptors (Lipinski definition) is 7. The molecule has 1 aromatic carbocycles. The lowest BCUT2D eigenvalue weighted by atomic mass is 10.1. The van der Waals surface area contributed by atoms with E-state index in [0.717, 1.165) is 11.0 Å². The van der Waals surface area contributed by atoms with Crippen molar-refractivity contribution in [1.82, 2.24) is 4.98 Å². The molecule has 0 radical (unpaired) electrons. The average Bonchev–Trinajstić information content (AvgIpc) is 2.65. The number of nitro groups is 1. The zero-order chi connectivity index (χ0) is 20.4. The third kappa shape index (κ3) is 3.58. The fourth-order valence-corrected chi connectivity index (χ4v) is 2.67. The number of nitrogens with one attached hydrogen (secondary N) is 1. The molecule has 0 fully saturated rings. The van der Waals surface area contributed by atoms with Crippen LogP contribution in [0.3, 0.4) is 0 Å². The second-order valence-electron chi connectivity index (χ2n) is 5.89. The summed E-state index contributed by atoms with van der Waals surface area (Å²) in [6, 6.07) is 8.57. The molecule has 1 atom stereocenters. The Kier molecular flexibility index (Phi) is 4.90. The summed E-state index contributed by atoms with van der Waals surface area (Å²) < 4.78 is 5.39. The fourth-order valence-electron chi connectivity index (χ4n) is 2.67. The van der Waals surface area contributed by atoms with Crippen LogP contribution in [0, 0.1) is 10.1 Å². The number of fused-ring (bicyclic) bond motifs is 1. The van der Waals surface area contributed by atoms with Crippen molar-refractivity contribution in [3.8, 4) is 5.75 Å². The molecule has 3 N–H and O–H groups in total. The van der Waals surface area contributed by atoms with Crippen molar-refractivity contribution in [2.75, 3.05) is 16.8 Å². The number of aromatic nitrogens is 1. The SMILES string of the molecule is CC1Oc2ccc([N+](=O)[O-])nc2N(CC(=O)Nc2ccccc2C(N)=O)C1=O. The predicted octanol–water partition coefficient (Wildman–Crippen LogP) is 0.841. The molecule has 0 bridgehead atoms. The maximum Gasteiger partial charge on any atom is 0.366 e. The Morgan fingerprint density at radius 2 is 2.04 bits per heavy atom. The van der Waals surface area contributed by atoms with E-state index in [-0.39, 0.29) is 22.8 Å². The van der Waals surface area contributed by atoms with Crippen LogP contribution >= 0.6 is 0 Å². The molecule has 1 aliphatic rings. The highest BCUT2D eigenvalue weighted by Gasteiger charge is 2.37. The van der Waals surface area contributed by atoms with Crippen LogP contribution in [0.25, 0.3) is 0 Å². The van der Waals surface area contributed by atoms with Crippen LogP contribution in [0.15, 0.2) is 36.4 Å². The molecule has 2 heterocycles. The van der Waals surface area contributed by atoms with E-state index < -0.39 is 41.1 Å². The van der Waals surface area contributed by atoms with Crippen LogP contribution in [0.2, 0.25) is 0 Å². The Bertz CT molecular complexity index is 992. The molecule has 144 valence electrons. The highest BCUT2D eigenvalue weighted by atomic mass is 16.6. The van der Waals surface area contributed by atoms with Crippen LogP contribution in [0.1, 0.15) is 17.3 Å². The first-order chi connectivity index (χ1) is 13.3. The lowest BCUT2D eigenvalue weighted by Gasteiger charge is -2.28. The Hall–Kier alpha value is -4.02. The van der Waals surface area contributed by atoms with Gasteiger partial charge in [-0.3, -0.25) is 19.3 Å². The zero-order valence-corrected chi connectivity index (χ0v) is 14.6. The number of amides is 3. The molecule has 28 heavy (non-hydrogen) atoms. The quantitative estimate of drug-likeness (QED) is 0.570. The van der Waals surface area contributed by atoms with E-state index in [9.17, 15) is 24.5 Å². The smallest absolute Gasteiger partial charge is 0.366 e. The van der Waals surface area contributed by atoms with Gasteiger partial charge in [0, 0.05) is 6.07 Å². The molecule has 3 amide bonds. The third-order valence-electron chi connectivity index (χ3n) is 3.95. The average molecular weight is 385 g/mol. The third-order valence-corrected chi connectivity index (χ3v) is 3.95. The largest absolute Gasteiger partial charge is 0.475 e. The van der Waals surface area contributed by atoms with Crippen molar-refractivity contribution >= 4 is 35.0 Å². The number of hydrogen-bond donors (Lipinski definition) is 2. The number of para-hydroxylation sites is 1. The van der Waals surface area contributed by atoms with Gasteiger partial charge in [-0.2, -0.15) is 0 Å². The highest BCUT2D eigenvalue weighted by molar-refractivity contribution is 6.07. The van der Waals surface area contributed by atoms with E-state index >= 15 is 0 Å². The number of carbonyl (C=O) groups excluding carboxylic acids is 3.